The minimum absolute atomic E-state index is 0.00328. The molecule has 0 saturated carbocycles. The first-order valence-electron chi connectivity index (χ1n) is 10.5. The van der Waals surface area contributed by atoms with Gasteiger partial charge in [0, 0.05) is 25.9 Å². The fraction of sp³-hybridized carbons (Fsp3) is 0.591. The monoisotopic (exact) mass is 401 g/mol. The highest BCUT2D eigenvalue weighted by Gasteiger charge is 2.45. The first-order valence-corrected chi connectivity index (χ1v) is 10.5. The predicted octanol–water partition coefficient (Wildman–Crippen LogP) is -0.837. The topological polar surface area (TPSA) is 106 Å². The summed E-state index contributed by atoms with van der Waals surface area (Å²) in [7, 11) is 0. The fourth-order valence-electron chi connectivity index (χ4n) is 4.52. The lowest BCUT2D eigenvalue weighted by Crippen LogP contribution is -2.89. The normalized spacial score (nSPS) is 22.3. The Bertz CT molecular complexity index is 736. The summed E-state index contributed by atoms with van der Waals surface area (Å²) in [6.07, 6.45) is 2.90. The van der Waals surface area contributed by atoms with Crippen molar-refractivity contribution < 1.29 is 24.8 Å². The first kappa shape index (κ1) is 21.3. The fourth-order valence-corrected chi connectivity index (χ4v) is 4.52. The van der Waals surface area contributed by atoms with Gasteiger partial charge in [0.25, 0.3) is 5.91 Å². The van der Waals surface area contributed by atoms with Crippen molar-refractivity contribution in [2.45, 2.75) is 57.0 Å². The number of rotatable bonds is 6. The molecule has 2 fully saturated rings. The molecule has 0 aliphatic carbocycles. The number of hydrogen-bond donors (Lipinski definition) is 2. The number of carbonyl (C=O) groups excluding carboxylic acids is 3. The number of benzene rings is 1. The van der Waals surface area contributed by atoms with Gasteiger partial charge in [0.15, 0.2) is 6.04 Å². The summed E-state index contributed by atoms with van der Waals surface area (Å²) < 4.78 is 0. The minimum Gasteiger partial charge on any atom is -0.548 e. The van der Waals surface area contributed by atoms with Gasteiger partial charge >= 0.3 is 0 Å². The lowest BCUT2D eigenvalue weighted by molar-refractivity contribution is -0.658. The maximum absolute atomic E-state index is 13.4. The van der Waals surface area contributed by atoms with E-state index < -0.39 is 17.4 Å². The summed E-state index contributed by atoms with van der Waals surface area (Å²) in [6, 6.07) is 8.42. The molecular formula is C22H31N3O4. The van der Waals surface area contributed by atoms with Crippen molar-refractivity contribution in [3.05, 3.63) is 35.9 Å². The number of aliphatic carboxylic acids is 1. The van der Waals surface area contributed by atoms with Crippen molar-refractivity contribution >= 4 is 17.8 Å². The number of quaternary nitrogens is 1. The van der Waals surface area contributed by atoms with E-state index in [-0.39, 0.29) is 23.8 Å². The molecule has 2 atom stereocenters. The Labute approximate surface area is 171 Å². The Morgan fingerprint density at radius 2 is 1.83 bits per heavy atom. The molecule has 7 heteroatoms. The second kappa shape index (κ2) is 8.95. The third kappa shape index (κ3) is 4.45. The van der Waals surface area contributed by atoms with Crippen molar-refractivity contribution in [3.63, 3.8) is 0 Å². The number of amides is 2. The molecule has 2 heterocycles. The van der Waals surface area contributed by atoms with Crippen molar-refractivity contribution in [3.8, 4) is 0 Å². The number of nitrogens with one attached hydrogen (secondary N) is 1. The molecule has 2 aliphatic rings. The number of nitrogens with two attached hydrogens (primary N) is 1. The average molecular weight is 402 g/mol. The van der Waals surface area contributed by atoms with Gasteiger partial charge in [-0.15, -0.1) is 0 Å². The molecule has 0 spiro atoms. The standard InChI is InChI=1S/C22H31N3O4/c1-15(2)18(20(27)28)24-21(29)22(16-7-4-3-5-8-16)10-13-25(14-11-22)19(26)17-9-6-12-23-17/h3-5,7-8,15,17-18,23H,6,9-14H2,1-2H3,(H,24,29)(H,27,28)/t17-,18-/m0/s1. The van der Waals surface area contributed by atoms with Crippen LogP contribution in [0.2, 0.25) is 0 Å². The Morgan fingerprint density at radius 1 is 1.17 bits per heavy atom. The van der Waals surface area contributed by atoms with E-state index in [1.54, 1.807) is 13.8 Å². The van der Waals surface area contributed by atoms with Crippen LogP contribution >= 0.6 is 0 Å². The molecule has 3 N–H and O–H groups in total. The molecule has 2 aliphatic heterocycles. The second-order valence-corrected chi connectivity index (χ2v) is 8.56. The van der Waals surface area contributed by atoms with Gasteiger partial charge in [-0.05, 0) is 24.3 Å². The van der Waals surface area contributed by atoms with Crippen molar-refractivity contribution in [1.29, 1.82) is 0 Å². The van der Waals surface area contributed by atoms with E-state index >= 15 is 0 Å². The van der Waals surface area contributed by atoms with Crippen LogP contribution in [0, 0.1) is 5.92 Å². The molecule has 1 aromatic rings. The lowest BCUT2D eigenvalue weighted by Gasteiger charge is -2.42. The molecule has 3 rings (SSSR count). The highest BCUT2D eigenvalue weighted by atomic mass is 16.4. The van der Waals surface area contributed by atoms with Crippen molar-refractivity contribution in [2.24, 2.45) is 5.92 Å². The predicted molar refractivity (Wildman–Crippen MR) is 106 cm³/mol. The number of piperidine rings is 1. The van der Waals surface area contributed by atoms with Gasteiger partial charge in [-0.3, -0.25) is 9.59 Å². The molecule has 0 bridgehead atoms. The molecule has 7 nitrogen and oxygen atoms in total. The van der Waals surface area contributed by atoms with Crippen molar-refractivity contribution in [2.75, 3.05) is 19.6 Å². The van der Waals surface area contributed by atoms with Crippen LogP contribution in [0.1, 0.15) is 45.1 Å². The molecular weight excluding hydrogens is 370 g/mol. The van der Waals surface area contributed by atoms with Crippen LogP contribution in [0.5, 0.6) is 0 Å². The number of carboxylic acids is 1. The van der Waals surface area contributed by atoms with Gasteiger partial charge in [-0.2, -0.15) is 0 Å². The Hall–Kier alpha value is -2.41. The smallest absolute Gasteiger partial charge is 0.280 e. The van der Waals surface area contributed by atoms with Gasteiger partial charge in [-0.1, -0.05) is 44.2 Å². The quantitative estimate of drug-likeness (QED) is 0.648. The molecule has 0 radical (unpaired) electrons. The highest BCUT2D eigenvalue weighted by molar-refractivity contribution is 5.92. The SMILES string of the molecule is CC(C)[C@H](NC(=O)C1(c2ccccc2)CCN(C(=O)[C@@H]2CCC[NH2+]2)CC1)C(=O)[O-]. The van der Waals surface area contributed by atoms with Crippen molar-refractivity contribution in [1.82, 2.24) is 10.2 Å². The second-order valence-electron chi connectivity index (χ2n) is 8.56. The molecule has 158 valence electrons. The van der Waals surface area contributed by atoms with Gasteiger partial charge in [0.2, 0.25) is 5.91 Å². The third-order valence-corrected chi connectivity index (χ3v) is 6.38. The zero-order valence-electron chi connectivity index (χ0n) is 17.2. The molecule has 2 amide bonds. The van der Waals surface area contributed by atoms with Crippen LogP contribution in [-0.2, 0) is 19.8 Å². The third-order valence-electron chi connectivity index (χ3n) is 6.38. The van der Waals surface area contributed by atoms with E-state index in [0.717, 1.165) is 24.9 Å². The Morgan fingerprint density at radius 3 is 2.34 bits per heavy atom. The number of likely N-dealkylation sites (tertiary alicyclic amines) is 1. The van der Waals surface area contributed by atoms with Crippen LogP contribution in [0.4, 0.5) is 0 Å². The molecule has 0 aromatic heterocycles. The number of carbonyl (C=O) groups is 3. The van der Waals surface area contributed by atoms with Crippen LogP contribution in [0.25, 0.3) is 0 Å². The first-order chi connectivity index (χ1) is 13.8. The summed E-state index contributed by atoms with van der Waals surface area (Å²) in [4.78, 5) is 39.5. The largest absolute Gasteiger partial charge is 0.548 e. The molecule has 1 aromatic carbocycles. The maximum atomic E-state index is 13.4. The maximum Gasteiger partial charge on any atom is 0.280 e. The van der Waals surface area contributed by atoms with Crippen LogP contribution < -0.4 is 15.7 Å². The number of carboxylic acid groups (broad SMARTS) is 1. The zero-order chi connectivity index (χ0) is 21.0. The van der Waals surface area contributed by atoms with E-state index in [9.17, 15) is 19.5 Å². The molecule has 0 unspecified atom stereocenters. The number of hydrogen-bond acceptors (Lipinski definition) is 4. The van der Waals surface area contributed by atoms with Gasteiger partial charge in [0.1, 0.15) is 0 Å². The lowest BCUT2D eigenvalue weighted by atomic mass is 9.71. The van der Waals surface area contributed by atoms with Crippen LogP contribution in [0.15, 0.2) is 30.3 Å². The zero-order valence-corrected chi connectivity index (χ0v) is 17.2. The summed E-state index contributed by atoms with van der Waals surface area (Å²) >= 11 is 0. The van der Waals surface area contributed by atoms with E-state index in [2.05, 4.69) is 10.6 Å². The highest BCUT2D eigenvalue weighted by Crippen LogP contribution is 2.36. The van der Waals surface area contributed by atoms with E-state index in [4.69, 9.17) is 0 Å². The summed E-state index contributed by atoms with van der Waals surface area (Å²) in [5.74, 6) is -1.71. The summed E-state index contributed by atoms with van der Waals surface area (Å²) in [5, 5.41) is 16.3. The van der Waals surface area contributed by atoms with Gasteiger partial charge in [-0.25, -0.2) is 0 Å². The van der Waals surface area contributed by atoms with E-state index in [0.29, 0.717) is 25.9 Å². The van der Waals surface area contributed by atoms with Crippen LogP contribution in [-0.4, -0.2) is 54.4 Å². The van der Waals surface area contributed by atoms with E-state index in [1.165, 1.54) is 0 Å². The average Bonchev–Trinajstić information content (AvgIpc) is 3.26. The van der Waals surface area contributed by atoms with Crippen LogP contribution in [0.3, 0.4) is 0 Å². The summed E-state index contributed by atoms with van der Waals surface area (Å²) in [5.41, 5.74) is 0.0119. The number of nitrogens with zero attached hydrogens (tertiary/aromatic N) is 1. The molecule has 29 heavy (non-hydrogen) atoms. The minimum atomic E-state index is -1.28. The Balaban J connectivity index is 1.80. The Kier molecular flexibility index (Phi) is 6.57. The van der Waals surface area contributed by atoms with Gasteiger partial charge < -0.3 is 25.4 Å². The van der Waals surface area contributed by atoms with Gasteiger partial charge in [0.05, 0.1) is 24.0 Å². The van der Waals surface area contributed by atoms with E-state index in [1.807, 2.05) is 35.2 Å². The summed E-state index contributed by atoms with van der Waals surface area (Å²) in [6.45, 7) is 5.46. The molecule has 2 saturated heterocycles.